The highest BCUT2D eigenvalue weighted by Crippen LogP contribution is 2.20. The van der Waals surface area contributed by atoms with Crippen molar-refractivity contribution in [3.63, 3.8) is 0 Å². The van der Waals surface area contributed by atoms with Crippen LogP contribution in [0.15, 0.2) is 0 Å². The first-order valence-corrected chi connectivity index (χ1v) is 7.17. The Morgan fingerprint density at radius 3 is 2.65 bits per heavy atom. The van der Waals surface area contributed by atoms with Crippen LogP contribution in [0.2, 0.25) is 0 Å². The highest BCUT2D eigenvalue weighted by molar-refractivity contribution is 5.78. The van der Waals surface area contributed by atoms with Crippen molar-refractivity contribution in [2.45, 2.75) is 77.4 Å². The number of hydrogen-bond donors (Lipinski definition) is 2. The monoisotopic (exact) mass is 241 g/mol. The molecule has 100 valence electrons. The number of aliphatic hydroxyl groups is 1. The first-order chi connectivity index (χ1) is 8.19. The second kappa shape index (κ2) is 7.70. The fourth-order valence-electron chi connectivity index (χ4n) is 2.55. The molecular weight excluding hydrogens is 214 g/mol. The van der Waals surface area contributed by atoms with Crippen LogP contribution in [-0.2, 0) is 4.79 Å². The van der Waals surface area contributed by atoms with Crippen LogP contribution < -0.4 is 5.32 Å². The highest BCUT2D eigenvalue weighted by Gasteiger charge is 2.26. The molecule has 3 heteroatoms. The molecule has 1 aliphatic rings. The number of carbonyl (C=O) groups is 1. The SMILES string of the molecule is CCCCC(CC)C(=O)N[C@H]1CCCC[C@@H]1O. The van der Waals surface area contributed by atoms with Crippen molar-refractivity contribution in [2.75, 3.05) is 0 Å². The summed E-state index contributed by atoms with van der Waals surface area (Å²) in [5.41, 5.74) is 0. The second-order valence-corrected chi connectivity index (χ2v) is 5.21. The Bertz CT molecular complexity index is 230. The maximum Gasteiger partial charge on any atom is 0.223 e. The van der Waals surface area contributed by atoms with Crippen LogP contribution in [0.1, 0.15) is 65.2 Å². The molecule has 1 rings (SSSR count). The Kier molecular flexibility index (Phi) is 6.56. The molecule has 0 aliphatic heterocycles. The van der Waals surface area contributed by atoms with Gasteiger partial charge in [0.1, 0.15) is 0 Å². The van der Waals surface area contributed by atoms with Crippen LogP contribution in [-0.4, -0.2) is 23.2 Å². The lowest BCUT2D eigenvalue weighted by atomic mass is 9.91. The molecule has 2 N–H and O–H groups in total. The van der Waals surface area contributed by atoms with Crippen molar-refractivity contribution >= 4 is 5.91 Å². The summed E-state index contributed by atoms with van der Waals surface area (Å²) < 4.78 is 0. The van der Waals surface area contributed by atoms with Gasteiger partial charge in [0.2, 0.25) is 5.91 Å². The minimum Gasteiger partial charge on any atom is -0.391 e. The van der Waals surface area contributed by atoms with Crippen LogP contribution in [0.3, 0.4) is 0 Å². The normalized spacial score (nSPS) is 26.5. The van der Waals surface area contributed by atoms with E-state index in [-0.39, 0.29) is 24.0 Å². The van der Waals surface area contributed by atoms with E-state index in [1.807, 2.05) is 0 Å². The molecule has 0 aromatic heterocycles. The van der Waals surface area contributed by atoms with E-state index >= 15 is 0 Å². The summed E-state index contributed by atoms with van der Waals surface area (Å²) in [6, 6.07) is -0.00748. The molecule has 0 spiro atoms. The van der Waals surface area contributed by atoms with Gasteiger partial charge in [-0.25, -0.2) is 0 Å². The molecule has 1 unspecified atom stereocenters. The molecule has 1 saturated carbocycles. The number of carbonyl (C=O) groups excluding carboxylic acids is 1. The zero-order valence-electron chi connectivity index (χ0n) is 11.2. The van der Waals surface area contributed by atoms with Gasteiger partial charge >= 0.3 is 0 Å². The van der Waals surface area contributed by atoms with Crippen LogP contribution in [0, 0.1) is 5.92 Å². The van der Waals surface area contributed by atoms with Gasteiger partial charge in [-0.15, -0.1) is 0 Å². The van der Waals surface area contributed by atoms with Crippen LogP contribution in [0.25, 0.3) is 0 Å². The van der Waals surface area contributed by atoms with E-state index < -0.39 is 0 Å². The number of aliphatic hydroxyl groups excluding tert-OH is 1. The topological polar surface area (TPSA) is 49.3 Å². The van der Waals surface area contributed by atoms with Crippen LogP contribution in [0.5, 0.6) is 0 Å². The van der Waals surface area contributed by atoms with Crippen molar-refractivity contribution in [1.29, 1.82) is 0 Å². The Hall–Kier alpha value is -0.570. The fraction of sp³-hybridized carbons (Fsp3) is 0.929. The van der Waals surface area contributed by atoms with Crippen molar-refractivity contribution in [3.8, 4) is 0 Å². The van der Waals surface area contributed by atoms with E-state index in [0.717, 1.165) is 51.4 Å². The van der Waals surface area contributed by atoms with E-state index in [1.165, 1.54) is 0 Å². The standard InChI is InChI=1S/C14H27NO2/c1-3-5-8-11(4-2)14(17)15-12-9-6-7-10-13(12)16/h11-13,16H,3-10H2,1-2H3,(H,15,17)/t11?,12-,13-/m0/s1. The molecule has 17 heavy (non-hydrogen) atoms. The molecule has 0 aromatic rings. The predicted octanol–water partition coefficient (Wildman–Crippen LogP) is 2.62. The largest absolute Gasteiger partial charge is 0.391 e. The summed E-state index contributed by atoms with van der Waals surface area (Å²) in [6.45, 7) is 4.21. The molecule has 0 heterocycles. The van der Waals surface area contributed by atoms with E-state index in [9.17, 15) is 9.90 Å². The Balaban J connectivity index is 2.39. The molecule has 1 amide bonds. The molecule has 3 atom stereocenters. The molecule has 0 bridgehead atoms. The number of hydrogen-bond acceptors (Lipinski definition) is 2. The Morgan fingerprint density at radius 2 is 2.06 bits per heavy atom. The lowest BCUT2D eigenvalue weighted by Gasteiger charge is -2.29. The quantitative estimate of drug-likeness (QED) is 0.751. The summed E-state index contributed by atoms with van der Waals surface area (Å²) in [7, 11) is 0. The van der Waals surface area contributed by atoms with Crippen molar-refractivity contribution < 1.29 is 9.90 Å². The molecule has 0 aromatic carbocycles. The predicted molar refractivity (Wildman–Crippen MR) is 69.7 cm³/mol. The average molecular weight is 241 g/mol. The smallest absolute Gasteiger partial charge is 0.223 e. The molecular formula is C14H27NO2. The van der Waals surface area contributed by atoms with Gasteiger partial charge in [-0.1, -0.05) is 39.5 Å². The lowest BCUT2D eigenvalue weighted by molar-refractivity contribution is -0.127. The van der Waals surface area contributed by atoms with Crippen molar-refractivity contribution in [3.05, 3.63) is 0 Å². The minimum absolute atomic E-state index is 0.00748. The molecule has 1 fully saturated rings. The van der Waals surface area contributed by atoms with E-state index in [0.29, 0.717) is 0 Å². The zero-order chi connectivity index (χ0) is 12.7. The maximum atomic E-state index is 12.1. The minimum atomic E-state index is -0.337. The molecule has 0 radical (unpaired) electrons. The average Bonchev–Trinajstić information content (AvgIpc) is 2.33. The Labute approximate surface area is 105 Å². The summed E-state index contributed by atoms with van der Waals surface area (Å²) in [5, 5.41) is 12.9. The van der Waals surface area contributed by atoms with E-state index in [1.54, 1.807) is 0 Å². The number of nitrogens with one attached hydrogen (secondary N) is 1. The maximum absolute atomic E-state index is 12.1. The van der Waals surface area contributed by atoms with Gasteiger partial charge in [0.05, 0.1) is 12.1 Å². The summed E-state index contributed by atoms with van der Waals surface area (Å²) in [6.07, 6.45) is 7.74. The van der Waals surface area contributed by atoms with Crippen LogP contribution in [0.4, 0.5) is 0 Å². The number of amides is 1. The molecule has 0 saturated heterocycles. The Morgan fingerprint density at radius 1 is 1.35 bits per heavy atom. The first kappa shape index (κ1) is 14.5. The third-order valence-electron chi connectivity index (χ3n) is 3.83. The molecule has 1 aliphatic carbocycles. The van der Waals surface area contributed by atoms with E-state index in [4.69, 9.17) is 0 Å². The highest BCUT2D eigenvalue weighted by atomic mass is 16.3. The van der Waals surface area contributed by atoms with Gasteiger partial charge in [-0.3, -0.25) is 4.79 Å². The van der Waals surface area contributed by atoms with Crippen molar-refractivity contribution in [2.24, 2.45) is 5.92 Å². The first-order valence-electron chi connectivity index (χ1n) is 7.17. The molecule has 3 nitrogen and oxygen atoms in total. The van der Waals surface area contributed by atoms with Gasteiger partial charge in [0.25, 0.3) is 0 Å². The number of unbranched alkanes of at least 4 members (excludes halogenated alkanes) is 1. The van der Waals surface area contributed by atoms with Crippen LogP contribution >= 0.6 is 0 Å². The summed E-state index contributed by atoms with van der Waals surface area (Å²) >= 11 is 0. The number of rotatable bonds is 6. The van der Waals surface area contributed by atoms with Gasteiger partial charge in [0.15, 0.2) is 0 Å². The summed E-state index contributed by atoms with van der Waals surface area (Å²) in [4.78, 5) is 12.1. The van der Waals surface area contributed by atoms with E-state index in [2.05, 4.69) is 19.2 Å². The van der Waals surface area contributed by atoms with Gasteiger partial charge in [-0.05, 0) is 25.7 Å². The van der Waals surface area contributed by atoms with Gasteiger partial charge in [-0.2, -0.15) is 0 Å². The zero-order valence-corrected chi connectivity index (χ0v) is 11.2. The second-order valence-electron chi connectivity index (χ2n) is 5.21. The third-order valence-corrected chi connectivity index (χ3v) is 3.83. The van der Waals surface area contributed by atoms with Gasteiger partial charge < -0.3 is 10.4 Å². The van der Waals surface area contributed by atoms with Gasteiger partial charge in [0, 0.05) is 5.92 Å². The fourth-order valence-corrected chi connectivity index (χ4v) is 2.55. The van der Waals surface area contributed by atoms with Crippen molar-refractivity contribution in [1.82, 2.24) is 5.32 Å². The third kappa shape index (κ3) is 4.66. The summed E-state index contributed by atoms with van der Waals surface area (Å²) in [5.74, 6) is 0.274. The lowest BCUT2D eigenvalue weighted by Crippen LogP contribution is -2.47.